The van der Waals surface area contributed by atoms with Crippen LogP contribution in [0.1, 0.15) is 10.5 Å². The molecule has 30 heavy (non-hydrogen) atoms. The number of carbonyl (C=O) groups excluding carboxylic acids is 1. The average Bonchev–Trinajstić information content (AvgIpc) is 3.24. The normalized spacial score (nSPS) is 14.1. The van der Waals surface area contributed by atoms with Crippen LogP contribution in [0.3, 0.4) is 0 Å². The maximum absolute atomic E-state index is 12.7. The van der Waals surface area contributed by atoms with E-state index < -0.39 is 0 Å². The highest BCUT2D eigenvalue weighted by atomic mass is 16.5. The van der Waals surface area contributed by atoms with E-state index in [2.05, 4.69) is 36.4 Å². The number of hydrogen-bond donors (Lipinski definition) is 2. The molecule has 4 heterocycles. The molecule has 0 spiro atoms. The summed E-state index contributed by atoms with van der Waals surface area (Å²) < 4.78 is 5.44. The van der Waals surface area contributed by atoms with Gasteiger partial charge in [-0.3, -0.25) is 14.9 Å². The zero-order valence-corrected chi connectivity index (χ0v) is 16.2. The summed E-state index contributed by atoms with van der Waals surface area (Å²) in [6.45, 7) is 3.15. The van der Waals surface area contributed by atoms with E-state index in [9.17, 15) is 4.79 Å². The molecule has 8 heteroatoms. The van der Waals surface area contributed by atoms with Crippen LogP contribution in [0.2, 0.25) is 0 Å². The fourth-order valence-electron chi connectivity index (χ4n) is 3.56. The lowest BCUT2D eigenvalue weighted by molar-refractivity contribution is 0.102. The monoisotopic (exact) mass is 400 g/mol. The van der Waals surface area contributed by atoms with Crippen molar-refractivity contribution in [1.82, 2.24) is 20.2 Å². The number of fused-ring (bicyclic) bond motifs is 1. The number of amides is 1. The summed E-state index contributed by atoms with van der Waals surface area (Å²) in [5.41, 5.74) is 4.14. The highest BCUT2D eigenvalue weighted by molar-refractivity contribution is 6.11. The molecule has 0 atom stereocenters. The highest BCUT2D eigenvalue weighted by Gasteiger charge is 2.17. The zero-order valence-electron chi connectivity index (χ0n) is 16.2. The van der Waals surface area contributed by atoms with E-state index in [0.29, 0.717) is 11.5 Å². The number of pyridine rings is 2. The lowest BCUT2D eigenvalue weighted by Gasteiger charge is -2.28. The third-order valence-electron chi connectivity index (χ3n) is 5.12. The van der Waals surface area contributed by atoms with Gasteiger partial charge in [0.1, 0.15) is 5.82 Å². The third-order valence-corrected chi connectivity index (χ3v) is 5.12. The first-order valence-electron chi connectivity index (χ1n) is 9.76. The fourth-order valence-corrected chi connectivity index (χ4v) is 3.56. The quantitative estimate of drug-likeness (QED) is 0.546. The molecule has 150 valence electrons. The largest absolute Gasteiger partial charge is 0.378 e. The van der Waals surface area contributed by atoms with Gasteiger partial charge >= 0.3 is 0 Å². The van der Waals surface area contributed by atoms with E-state index in [1.165, 1.54) is 0 Å². The van der Waals surface area contributed by atoms with Gasteiger partial charge in [-0.15, -0.1) is 0 Å². The first-order valence-corrected chi connectivity index (χ1v) is 9.76. The van der Waals surface area contributed by atoms with Gasteiger partial charge < -0.3 is 15.0 Å². The fraction of sp³-hybridized carbons (Fsp3) is 0.182. The van der Waals surface area contributed by atoms with Crippen molar-refractivity contribution in [2.75, 3.05) is 36.5 Å². The van der Waals surface area contributed by atoms with Crippen LogP contribution in [0, 0.1) is 0 Å². The van der Waals surface area contributed by atoms with Crippen LogP contribution in [0.4, 0.5) is 11.5 Å². The minimum Gasteiger partial charge on any atom is -0.378 e. The van der Waals surface area contributed by atoms with Crippen molar-refractivity contribution in [2.24, 2.45) is 0 Å². The number of nitrogens with one attached hydrogen (secondary N) is 2. The molecule has 1 aliphatic rings. The lowest BCUT2D eigenvalue weighted by Crippen LogP contribution is -2.36. The number of rotatable bonds is 4. The summed E-state index contributed by atoms with van der Waals surface area (Å²) >= 11 is 0. The van der Waals surface area contributed by atoms with Gasteiger partial charge in [0, 0.05) is 36.4 Å². The van der Waals surface area contributed by atoms with Gasteiger partial charge in [-0.05, 0) is 35.9 Å². The van der Waals surface area contributed by atoms with Crippen LogP contribution in [-0.2, 0) is 4.74 Å². The summed E-state index contributed by atoms with van der Waals surface area (Å²) in [6, 6.07) is 13.4. The van der Waals surface area contributed by atoms with E-state index in [1.54, 1.807) is 18.3 Å². The molecule has 8 nitrogen and oxygen atoms in total. The van der Waals surface area contributed by atoms with Crippen LogP contribution >= 0.6 is 0 Å². The number of aromatic nitrogens is 4. The standard InChI is InChI=1S/C22H20N6O2/c29-22(25-20-3-1-2-6-24-20)21-18-12-15(4-5-19(18)26-27-21)16-11-17(14-23-13-16)28-7-9-30-10-8-28/h1-6,11-14H,7-10H2,(H,26,27)(H,24,25,29). The second kappa shape index (κ2) is 7.92. The van der Waals surface area contributed by atoms with E-state index in [-0.39, 0.29) is 5.91 Å². The van der Waals surface area contributed by atoms with Crippen LogP contribution in [0.25, 0.3) is 22.0 Å². The molecule has 5 rings (SSSR count). The van der Waals surface area contributed by atoms with Crippen molar-refractivity contribution in [3.63, 3.8) is 0 Å². The molecule has 1 aliphatic heterocycles. The first kappa shape index (κ1) is 18.3. The van der Waals surface area contributed by atoms with E-state index in [4.69, 9.17) is 4.74 Å². The van der Waals surface area contributed by atoms with Crippen molar-refractivity contribution in [3.8, 4) is 11.1 Å². The van der Waals surface area contributed by atoms with Crippen molar-refractivity contribution in [1.29, 1.82) is 0 Å². The predicted molar refractivity (Wildman–Crippen MR) is 115 cm³/mol. The molecular formula is C22H20N6O2. The Morgan fingerprint density at radius 2 is 1.97 bits per heavy atom. The number of morpholine rings is 1. The van der Waals surface area contributed by atoms with E-state index in [0.717, 1.165) is 54.0 Å². The molecule has 2 N–H and O–H groups in total. The van der Waals surface area contributed by atoms with Crippen molar-refractivity contribution >= 4 is 28.3 Å². The van der Waals surface area contributed by atoms with Crippen LogP contribution in [-0.4, -0.2) is 52.4 Å². The zero-order chi connectivity index (χ0) is 20.3. The second-order valence-corrected chi connectivity index (χ2v) is 7.03. The Labute approximate surface area is 172 Å². The van der Waals surface area contributed by atoms with Gasteiger partial charge in [-0.2, -0.15) is 5.10 Å². The first-order chi connectivity index (χ1) is 14.8. The molecule has 0 aliphatic carbocycles. The summed E-state index contributed by atoms with van der Waals surface area (Å²) in [5.74, 6) is 0.175. The van der Waals surface area contributed by atoms with Crippen LogP contribution < -0.4 is 10.2 Å². The number of hydrogen-bond acceptors (Lipinski definition) is 6. The number of H-pyrrole nitrogens is 1. The topological polar surface area (TPSA) is 96.0 Å². The molecule has 3 aromatic heterocycles. The second-order valence-electron chi connectivity index (χ2n) is 7.03. The third kappa shape index (κ3) is 3.60. The van der Waals surface area contributed by atoms with Crippen LogP contribution in [0.5, 0.6) is 0 Å². The SMILES string of the molecule is O=C(Nc1ccccn1)c1n[nH]c2ccc(-c3cncc(N4CCOCC4)c3)cc12. The summed E-state index contributed by atoms with van der Waals surface area (Å²) in [4.78, 5) is 23.6. The highest BCUT2D eigenvalue weighted by Crippen LogP contribution is 2.28. The molecule has 0 bridgehead atoms. The Morgan fingerprint density at radius 3 is 2.80 bits per heavy atom. The Morgan fingerprint density at radius 1 is 1.07 bits per heavy atom. The molecule has 4 aromatic rings. The maximum Gasteiger partial charge on any atom is 0.277 e. The molecule has 1 saturated heterocycles. The summed E-state index contributed by atoms with van der Waals surface area (Å²) in [6.07, 6.45) is 5.33. The van der Waals surface area contributed by atoms with Crippen molar-refractivity contribution < 1.29 is 9.53 Å². The molecule has 1 aromatic carbocycles. The van der Waals surface area contributed by atoms with E-state index in [1.807, 2.05) is 36.7 Å². The number of anilines is 2. The predicted octanol–water partition coefficient (Wildman–Crippen LogP) is 3.11. The molecule has 1 fully saturated rings. The van der Waals surface area contributed by atoms with Crippen molar-refractivity contribution in [3.05, 3.63) is 66.7 Å². The van der Waals surface area contributed by atoms with Gasteiger partial charge in [0.05, 0.1) is 30.6 Å². The Hall–Kier alpha value is -3.78. The Balaban J connectivity index is 1.46. The smallest absolute Gasteiger partial charge is 0.277 e. The van der Waals surface area contributed by atoms with E-state index >= 15 is 0 Å². The van der Waals surface area contributed by atoms with Crippen LogP contribution in [0.15, 0.2) is 61.1 Å². The van der Waals surface area contributed by atoms with Gasteiger partial charge in [-0.25, -0.2) is 4.98 Å². The van der Waals surface area contributed by atoms with Crippen molar-refractivity contribution in [2.45, 2.75) is 0 Å². The van der Waals surface area contributed by atoms with Gasteiger partial charge in [0.25, 0.3) is 5.91 Å². The number of aromatic amines is 1. The molecule has 0 saturated carbocycles. The number of nitrogens with zero attached hydrogens (tertiary/aromatic N) is 4. The number of ether oxygens (including phenoxy) is 1. The Kier molecular flexibility index (Phi) is 4.82. The van der Waals surface area contributed by atoms with Gasteiger partial charge in [-0.1, -0.05) is 12.1 Å². The number of benzene rings is 1. The van der Waals surface area contributed by atoms with Gasteiger partial charge in [0.2, 0.25) is 0 Å². The summed E-state index contributed by atoms with van der Waals surface area (Å²) in [5, 5.41) is 10.7. The molecular weight excluding hydrogens is 380 g/mol. The van der Waals surface area contributed by atoms with Gasteiger partial charge in [0.15, 0.2) is 5.69 Å². The summed E-state index contributed by atoms with van der Waals surface area (Å²) in [7, 11) is 0. The lowest BCUT2D eigenvalue weighted by atomic mass is 10.0. The molecule has 0 radical (unpaired) electrons. The minimum atomic E-state index is -0.308. The molecule has 0 unspecified atom stereocenters. The average molecular weight is 400 g/mol. The number of carbonyl (C=O) groups is 1. The maximum atomic E-state index is 12.7. The molecule has 1 amide bonds. The Bertz CT molecular complexity index is 1180. The minimum absolute atomic E-state index is 0.308.